The topological polar surface area (TPSA) is 80.1 Å². The zero-order valence-corrected chi connectivity index (χ0v) is 10.2. The Morgan fingerprint density at radius 2 is 2.28 bits per heavy atom. The minimum absolute atomic E-state index is 0.104. The molecule has 2 amide bonds. The Hall–Kier alpha value is -1.92. The zero-order chi connectivity index (χ0) is 12.7. The van der Waals surface area contributed by atoms with E-state index in [2.05, 4.69) is 15.6 Å². The van der Waals surface area contributed by atoms with E-state index >= 15 is 0 Å². The first-order chi connectivity index (χ1) is 8.63. The molecule has 2 fully saturated rings. The van der Waals surface area contributed by atoms with Crippen molar-refractivity contribution in [2.45, 2.75) is 31.3 Å². The van der Waals surface area contributed by atoms with E-state index in [4.69, 9.17) is 0 Å². The Balaban J connectivity index is 1.60. The average Bonchev–Trinajstić information content (AvgIpc) is 2.97. The number of hydrogen-bond donors (Lipinski definition) is 1. The molecule has 0 aromatic carbocycles. The molecule has 7 nitrogen and oxygen atoms in total. The first-order valence-corrected chi connectivity index (χ1v) is 6.10. The number of hydrogen-bond acceptors (Lipinski definition) is 4. The molecular formula is C11H15N5O2. The predicted molar refractivity (Wildman–Crippen MR) is 61.6 cm³/mol. The largest absolute Gasteiger partial charge is 0.346 e. The summed E-state index contributed by atoms with van der Waals surface area (Å²) in [5.74, 6) is -0.125. The summed E-state index contributed by atoms with van der Waals surface area (Å²) in [4.78, 5) is 25.5. The average molecular weight is 249 g/mol. The van der Waals surface area contributed by atoms with Gasteiger partial charge >= 0.3 is 0 Å². The molecule has 1 saturated heterocycles. The van der Waals surface area contributed by atoms with Crippen LogP contribution < -0.4 is 5.32 Å². The van der Waals surface area contributed by atoms with E-state index in [1.54, 1.807) is 13.2 Å². The molecule has 1 aromatic rings. The molecule has 2 aliphatic rings. The molecule has 2 heterocycles. The first-order valence-electron chi connectivity index (χ1n) is 6.10. The van der Waals surface area contributed by atoms with E-state index < -0.39 is 0 Å². The Bertz CT molecular complexity index is 493. The van der Waals surface area contributed by atoms with E-state index in [1.807, 2.05) is 4.90 Å². The summed E-state index contributed by atoms with van der Waals surface area (Å²) in [6, 6.07) is 0.309. The maximum Gasteiger partial charge on any atom is 0.273 e. The number of nitrogens with zero attached hydrogens (tertiary/aromatic N) is 4. The van der Waals surface area contributed by atoms with Crippen molar-refractivity contribution in [3.05, 3.63) is 11.9 Å². The van der Waals surface area contributed by atoms with Gasteiger partial charge in [-0.25, -0.2) is 0 Å². The van der Waals surface area contributed by atoms with Crippen molar-refractivity contribution in [1.82, 2.24) is 25.2 Å². The molecule has 0 bridgehead atoms. The van der Waals surface area contributed by atoms with E-state index in [1.165, 1.54) is 4.68 Å². The summed E-state index contributed by atoms with van der Waals surface area (Å²) in [5, 5.41) is 10.3. The fourth-order valence-corrected chi connectivity index (χ4v) is 2.28. The molecule has 1 atom stereocenters. The summed E-state index contributed by atoms with van der Waals surface area (Å²) in [6.07, 6.45) is 4.14. The normalized spacial score (nSPS) is 23.5. The molecule has 3 rings (SSSR count). The van der Waals surface area contributed by atoms with E-state index in [9.17, 15) is 9.59 Å². The Morgan fingerprint density at radius 1 is 1.50 bits per heavy atom. The number of nitrogens with one attached hydrogen (secondary N) is 1. The first kappa shape index (κ1) is 11.2. The fraction of sp³-hybridized carbons (Fsp3) is 0.636. The summed E-state index contributed by atoms with van der Waals surface area (Å²) < 4.78 is 1.48. The van der Waals surface area contributed by atoms with Crippen molar-refractivity contribution in [2.75, 3.05) is 6.54 Å². The molecule has 96 valence electrons. The van der Waals surface area contributed by atoms with Crippen LogP contribution in [0.5, 0.6) is 0 Å². The quantitative estimate of drug-likeness (QED) is 0.768. The SMILES string of the molecule is Cn1cc(C(=O)N[C@@H]2CC(=O)N(C3CC3)C2)nn1. The second-order valence-corrected chi connectivity index (χ2v) is 4.93. The van der Waals surface area contributed by atoms with E-state index in [-0.39, 0.29) is 23.6 Å². The van der Waals surface area contributed by atoms with Crippen LogP contribution in [-0.4, -0.2) is 50.3 Å². The highest BCUT2D eigenvalue weighted by Crippen LogP contribution is 2.30. The van der Waals surface area contributed by atoms with Gasteiger partial charge in [-0.2, -0.15) is 0 Å². The maximum absolute atomic E-state index is 11.9. The third kappa shape index (κ3) is 2.07. The van der Waals surface area contributed by atoms with Gasteiger partial charge in [-0.3, -0.25) is 14.3 Å². The minimum atomic E-state index is -0.265. The van der Waals surface area contributed by atoms with Gasteiger partial charge in [-0.15, -0.1) is 5.10 Å². The molecule has 1 aromatic heterocycles. The number of amides is 2. The highest BCUT2D eigenvalue weighted by Gasteiger charge is 2.39. The van der Waals surface area contributed by atoms with Gasteiger partial charge in [0.15, 0.2) is 5.69 Å². The molecule has 0 unspecified atom stereocenters. The van der Waals surface area contributed by atoms with Crippen LogP contribution in [0.4, 0.5) is 0 Å². The summed E-state index contributed by atoms with van der Waals surface area (Å²) in [7, 11) is 1.71. The highest BCUT2D eigenvalue weighted by atomic mass is 16.2. The van der Waals surface area contributed by atoms with Crippen molar-refractivity contribution in [3.63, 3.8) is 0 Å². The minimum Gasteiger partial charge on any atom is -0.346 e. The molecule has 7 heteroatoms. The summed E-state index contributed by atoms with van der Waals surface area (Å²) in [6.45, 7) is 0.621. The summed E-state index contributed by atoms with van der Waals surface area (Å²) >= 11 is 0. The van der Waals surface area contributed by atoms with Crippen LogP contribution >= 0.6 is 0 Å². The molecule has 1 saturated carbocycles. The van der Waals surface area contributed by atoms with Crippen LogP contribution in [0.25, 0.3) is 0 Å². The lowest BCUT2D eigenvalue weighted by atomic mass is 10.2. The molecule has 1 N–H and O–H groups in total. The van der Waals surface area contributed by atoms with Gasteiger partial charge in [0.1, 0.15) is 0 Å². The molecule has 18 heavy (non-hydrogen) atoms. The molecule has 0 radical (unpaired) electrons. The highest BCUT2D eigenvalue weighted by molar-refractivity contribution is 5.93. The fourth-order valence-electron chi connectivity index (χ4n) is 2.28. The number of carbonyl (C=O) groups is 2. The third-order valence-corrected chi connectivity index (χ3v) is 3.32. The lowest BCUT2D eigenvalue weighted by molar-refractivity contribution is -0.128. The van der Waals surface area contributed by atoms with Crippen LogP contribution in [0, 0.1) is 0 Å². The Kier molecular flexibility index (Phi) is 2.53. The van der Waals surface area contributed by atoms with Crippen LogP contribution in [0.3, 0.4) is 0 Å². The third-order valence-electron chi connectivity index (χ3n) is 3.32. The lowest BCUT2D eigenvalue weighted by Crippen LogP contribution is -2.37. The number of aryl methyl sites for hydroxylation is 1. The van der Waals surface area contributed by atoms with Gasteiger partial charge in [0.2, 0.25) is 5.91 Å². The van der Waals surface area contributed by atoms with Gasteiger partial charge in [-0.05, 0) is 12.8 Å². The Morgan fingerprint density at radius 3 is 2.89 bits per heavy atom. The number of aromatic nitrogens is 3. The number of likely N-dealkylation sites (tertiary alicyclic amines) is 1. The van der Waals surface area contributed by atoms with Gasteiger partial charge in [-0.1, -0.05) is 5.21 Å². The maximum atomic E-state index is 11.9. The number of rotatable bonds is 3. The van der Waals surface area contributed by atoms with Crippen molar-refractivity contribution < 1.29 is 9.59 Å². The van der Waals surface area contributed by atoms with Gasteiger partial charge < -0.3 is 10.2 Å². The second-order valence-electron chi connectivity index (χ2n) is 4.93. The van der Waals surface area contributed by atoms with Crippen LogP contribution in [0.1, 0.15) is 29.8 Å². The lowest BCUT2D eigenvalue weighted by Gasteiger charge is -2.15. The van der Waals surface area contributed by atoms with Gasteiger partial charge in [0.05, 0.1) is 12.2 Å². The van der Waals surface area contributed by atoms with Crippen LogP contribution in [0.15, 0.2) is 6.20 Å². The van der Waals surface area contributed by atoms with Gasteiger partial charge in [0, 0.05) is 26.1 Å². The summed E-state index contributed by atoms with van der Waals surface area (Å²) in [5.41, 5.74) is 0.287. The Labute approximate surface area is 104 Å². The van der Waals surface area contributed by atoms with Crippen LogP contribution in [-0.2, 0) is 11.8 Å². The number of carbonyl (C=O) groups excluding carboxylic acids is 2. The molecule has 1 aliphatic carbocycles. The smallest absolute Gasteiger partial charge is 0.273 e. The molecule has 0 spiro atoms. The molecular weight excluding hydrogens is 234 g/mol. The predicted octanol–water partition coefficient (Wildman–Crippen LogP) is -0.692. The zero-order valence-electron chi connectivity index (χ0n) is 10.2. The molecule has 1 aliphatic heterocycles. The van der Waals surface area contributed by atoms with Gasteiger partial charge in [0.25, 0.3) is 5.91 Å². The van der Waals surface area contributed by atoms with Crippen molar-refractivity contribution >= 4 is 11.8 Å². The van der Waals surface area contributed by atoms with Crippen molar-refractivity contribution in [2.24, 2.45) is 7.05 Å². The van der Waals surface area contributed by atoms with Crippen molar-refractivity contribution in [3.8, 4) is 0 Å². The van der Waals surface area contributed by atoms with E-state index in [0.717, 1.165) is 12.8 Å². The monoisotopic (exact) mass is 249 g/mol. The second kappa shape index (κ2) is 4.08. The van der Waals surface area contributed by atoms with Crippen molar-refractivity contribution in [1.29, 1.82) is 0 Å². The standard InChI is InChI=1S/C11H15N5O2/c1-15-6-9(13-14-15)11(18)12-7-4-10(17)16(5-7)8-2-3-8/h6-8H,2-5H2,1H3,(H,12,18)/t7-/m1/s1. The van der Waals surface area contributed by atoms with Crippen LogP contribution in [0.2, 0.25) is 0 Å². The van der Waals surface area contributed by atoms with E-state index in [0.29, 0.717) is 19.0 Å².